The molecule has 2 N–H and O–H groups in total. The van der Waals surface area contributed by atoms with Crippen LogP contribution in [0.15, 0.2) is 24.3 Å². The molecule has 1 aromatic rings. The van der Waals surface area contributed by atoms with E-state index in [0.29, 0.717) is 30.3 Å². The van der Waals surface area contributed by atoms with Gasteiger partial charge in [0.05, 0.1) is 0 Å². The number of nitrogens with zero attached hydrogens (tertiary/aromatic N) is 1. The molecule has 0 saturated heterocycles. The van der Waals surface area contributed by atoms with Crippen molar-refractivity contribution in [2.75, 3.05) is 26.0 Å². The van der Waals surface area contributed by atoms with Gasteiger partial charge >= 0.3 is 0 Å². The molecule has 0 bridgehead atoms. The number of benzene rings is 1. The van der Waals surface area contributed by atoms with E-state index in [0.717, 1.165) is 0 Å². The van der Waals surface area contributed by atoms with E-state index < -0.39 is 0 Å². The number of nitrogens with one attached hydrogen (secondary N) is 2. The second-order valence-corrected chi connectivity index (χ2v) is 5.18. The summed E-state index contributed by atoms with van der Waals surface area (Å²) in [7, 11) is 3.42. The third-order valence-electron chi connectivity index (χ3n) is 2.73. The van der Waals surface area contributed by atoms with Crippen molar-refractivity contribution in [1.29, 1.82) is 0 Å². The highest BCUT2D eigenvalue weighted by molar-refractivity contribution is 5.95. The van der Waals surface area contributed by atoms with Gasteiger partial charge in [-0.25, -0.2) is 0 Å². The molecule has 0 aliphatic rings. The average Bonchev–Trinajstić information content (AvgIpc) is 2.38. The van der Waals surface area contributed by atoms with Crippen molar-refractivity contribution in [3.05, 3.63) is 29.8 Å². The first-order chi connectivity index (χ1) is 9.40. The second-order valence-electron chi connectivity index (χ2n) is 5.18. The van der Waals surface area contributed by atoms with E-state index in [4.69, 9.17) is 0 Å². The van der Waals surface area contributed by atoms with Gasteiger partial charge in [0.2, 0.25) is 5.91 Å². The zero-order valence-electron chi connectivity index (χ0n) is 12.6. The van der Waals surface area contributed by atoms with E-state index in [1.165, 1.54) is 4.90 Å². The molecule has 110 valence electrons. The van der Waals surface area contributed by atoms with Crippen LogP contribution in [0.1, 0.15) is 30.6 Å². The molecule has 0 heterocycles. The number of carbonyl (C=O) groups excluding carboxylic acids is 2. The predicted molar refractivity (Wildman–Crippen MR) is 80.8 cm³/mol. The topological polar surface area (TPSA) is 61.4 Å². The Balaban J connectivity index is 2.49. The summed E-state index contributed by atoms with van der Waals surface area (Å²) >= 11 is 0. The highest BCUT2D eigenvalue weighted by atomic mass is 16.2. The Hall–Kier alpha value is -1.88. The number of carbonyl (C=O) groups is 2. The lowest BCUT2D eigenvalue weighted by Gasteiger charge is -2.11. The quantitative estimate of drug-likeness (QED) is 0.832. The van der Waals surface area contributed by atoms with Crippen molar-refractivity contribution < 1.29 is 9.59 Å². The van der Waals surface area contributed by atoms with E-state index >= 15 is 0 Å². The highest BCUT2D eigenvalue weighted by Gasteiger charge is 2.08. The second kappa shape index (κ2) is 7.65. The molecule has 1 aromatic carbocycles. The number of hydrogen-bond donors (Lipinski definition) is 2. The summed E-state index contributed by atoms with van der Waals surface area (Å²) in [6.45, 7) is 4.73. The monoisotopic (exact) mass is 277 g/mol. The van der Waals surface area contributed by atoms with Crippen LogP contribution in [-0.4, -0.2) is 43.4 Å². The van der Waals surface area contributed by atoms with Crippen LogP contribution in [0.2, 0.25) is 0 Å². The molecule has 5 nitrogen and oxygen atoms in total. The standard InChI is InChI=1S/C15H23N3O2/c1-11(2)16-10-9-14(19)17-13-7-5-12(6-8-13)15(20)18(3)4/h5-8,11,16H,9-10H2,1-4H3,(H,17,19). The van der Waals surface area contributed by atoms with Crippen molar-refractivity contribution in [3.63, 3.8) is 0 Å². The van der Waals surface area contributed by atoms with Crippen LogP contribution < -0.4 is 10.6 Å². The van der Waals surface area contributed by atoms with Crippen molar-refractivity contribution >= 4 is 17.5 Å². The maximum absolute atomic E-state index is 11.7. The van der Waals surface area contributed by atoms with Gasteiger partial charge in [-0.2, -0.15) is 0 Å². The van der Waals surface area contributed by atoms with E-state index in [9.17, 15) is 9.59 Å². The Kier molecular flexibility index (Phi) is 6.18. The molecular formula is C15H23N3O2. The third kappa shape index (κ3) is 5.40. The fraction of sp³-hybridized carbons (Fsp3) is 0.467. The van der Waals surface area contributed by atoms with Gasteiger partial charge in [0.15, 0.2) is 0 Å². The van der Waals surface area contributed by atoms with Gasteiger partial charge < -0.3 is 15.5 Å². The lowest BCUT2D eigenvalue weighted by molar-refractivity contribution is -0.116. The first-order valence-electron chi connectivity index (χ1n) is 6.75. The third-order valence-corrected chi connectivity index (χ3v) is 2.73. The summed E-state index contributed by atoms with van der Waals surface area (Å²) in [5.74, 6) is -0.0890. The molecule has 0 aliphatic heterocycles. The first kappa shape index (κ1) is 16.2. The Morgan fingerprint density at radius 1 is 1.15 bits per heavy atom. The minimum Gasteiger partial charge on any atom is -0.345 e. The molecule has 2 amide bonds. The Bertz CT molecular complexity index is 453. The maximum Gasteiger partial charge on any atom is 0.253 e. The fourth-order valence-electron chi connectivity index (χ4n) is 1.65. The summed E-state index contributed by atoms with van der Waals surface area (Å²) in [6, 6.07) is 7.28. The van der Waals surface area contributed by atoms with E-state index in [1.807, 2.05) is 13.8 Å². The fourth-order valence-corrected chi connectivity index (χ4v) is 1.65. The van der Waals surface area contributed by atoms with E-state index in [2.05, 4.69) is 10.6 Å². The maximum atomic E-state index is 11.7. The van der Waals surface area contributed by atoms with Gasteiger partial charge in [0, 0.05) is 44.4 Å². The molecular weight excluding hydrogens is 254 g/mol. The molecule has 5 heteroatoms. The Morgan fingerprint density at radius 3 is 2.25 bits per heavy atom. The van der Waals surface area contributed by atoms with Crippen LogP contribution in [0.4, 0.5) is 5.69 Å². The number of rotatable bonds is 6. The van der Waals surface area contributed by atoms with Crippen LogP contribution in [0, 0.1) is 0 Å². The molecule has 0 aromatic heterocycles. The van der Waals surface area contributed by atoms with Gasteiger partial charge in [-0.1, -0.05) is 13.8 Å². The average molecular weight is 277 g/mol. The Labute approximate surface area is 120 Å². The number of hydrogen-bond acceptors (Lipinski definition) is 3. The normalized spacial score (nSPS) is 10.4. The van der Waals surface area contributed by atoms with E-state index in [1.54, 1.807) is 38.4 Å². The Morgan fingerprint density at radius 2 is 1.75 bits per heavy atom. The zero-order valence-corrected chi connectivity index (χ0v) is 12.6. The van der Waals surface area contributed by atoms with Crippen LogP contribution in [-0.2, 0) is 4.79 Å². The molecule has 0 saturated carbocycles. The molecule has 0 atom stereocenters. The van der Waals surface area contributed by atoms with E-state index in [-0.39, 0.29) is 11.8 Å². The summed E-state index contributed by atoms with van der Waals surface area (Å²) in [6.07, 6.45) is 0.427. The van der Waals surface area contributed by atoms with Crippen LogP contribution in [0.25, 0.3) is 0 Å². The van der Waals surface area contributed by atoms with Crippen LogP contribution >= 0.6 is 0 Å². The molecule has 0 unspecified atom stereocenters. The van der Waals surface area contributed by atoms with Gasteiger partial charge in [-0.05, 0) is 24.3 Å². The molecule has 1 rings (SSSR count). The largest absolute Gasteiger partial charge is 0.345 e. The van der Waals surface area contributed by atoms with Crippen molar-refractivity contribution in [2.45, 2.75) is 26.3 Å². The van der Waals surface area contributed by atoms with Crippen molar-refractivity contribution in [3.8, 4) is 0 Å². The van der Waals surface area contributed by atoms with Crippen molar-refractivity contribution in [2.24, 2.45) is 0 Å². The number of amides is 2. The van der Waals surface area contributed by atoms with Gasteiger partial charge in [0.1, 0.15) is 0 Å². The SMILES string of the molecule is CC(C)NCCC(=O)Nc1ccc(C(=O)N(C)C)cc1. The molecule has 0 aliphatic carbocycles. The molecule has 0 spiro atoms. The molecule has 20 heavy (non-hydrogen) atoms. The van der Waals surface area contributed by atoms with Gasteiger partial charge in [-0.15, -0.1) is 0 Å². The summed E-state index contributed by atoms with van der Waals surface area (Å²) in [4.78, 5) is 24.9. The zero-order chi connectivity index (χ0) is 15.1. The number of anilines is 1. The van der Waals surface area contributed by atoms with Gasteiger partial charge in [-0.3, -0.25) is 9.59 Å². The lowest BCUT2D eigenvalue weighted by Crippen LogP contribution is -2.27. The van der Waals surface area contributed by atoms with Crippen LogP contribution in [0.5, 0.6) is 0 Å². The molecule has 0 radical (unpaired) electrons. The first-order valence-corrected chi connectivity index (χ1v) is 6.75. The lowest BCUT2D eigenvalue weighted by atomic mass is 10.2. The summed E-state index contributed by atoms with van der Waals surface area (Å²) < 4.78 is 0. The summed E-state index contributed by atoms with van der Waals surface area (Å²) in [5, 5.41) is 5.99. The van der Waals surface area contributed by atoms with Crippen molar-refractivity contribution in [1.82, 2.24) is 10.2 Å². The minimum atomic E-state index is -0.0518. The molecule has 0 fully saturated rings. The smallest absolute Gasteiger partial charge is 0.253 e. The van der Waals surface area contributed by atoms with Gasteiger partial charge in [0.25, 0.3) is 5.91 Å². The predicted octanol–water partition coefficient (Wildman–Crippen LogP) is 1.71. The highest BCUT2D eigenvalue weighted by Crippen LogP contribution is 2.11. The minimum absolute atomic E-state index is 0.0372. The van der Waals surface area contributed by atoms with Crippen LogP contribution in [0.3, 0.4) is 0 Å². The summed E-state index contributed by atoms with van der Waals surface area (Å²) in [5.41, 5.74) is 1.31.